The molecule has 0 saturated carbocycles. The van der Waals surface area contributed by atoms with Gasteiger partial charge < -0.3 is 15.4 Å². The topological polar surface area (TPSA) is 51.2 Å². The Bertz CT molecular complexity index is 798. The van der Waals surface area contributed by atoms with Crippen molar-refractivity contribution >= 4 is 22.5 Å². The van der Waals surface area contributed by atoms with Crippen molar-refractivity contribution in [3.8, 4) is 0 Å². The molecule has 4 heteroatoms. The van der Waals surface area contributed by atoms with Crippen LogP contribution in [0.15, 0.2) is 60.8 Å². The molecule has 2 aromatic carbocycles. The summed E-state index contributed by atoms with van der Waals surface area (Å²) < 4.78 is 1.93. The fourth-order valence-electron chi connectivity index (χ4n) is 2.95. The van der Waals surface area contributed by atoms with Crippen LogP contribution in [0, 0.1) is 0 Å². The van der Waals surface area contributed by atoms with E-state index in [4.69, 9.17) is 17.3 Å². The third-order valence-corrected chi connectivity index (χ3v) is 4.41. The number of aliphatic hydroxyl groups is 1. The van der Waals surface area contributed by atoms with E-state index in [1.807, 2.05) is 66.2 Å². The monoisotopic (exact) mass is 314 g/mol. The molecule has 2 unspecified atom stereocenters. The second-order valence-corrected chi connectivity index (χ2v) is 5.94. The molecule has 0 saturated heterocycles. The molecule has 0 aliphatic carbocycles. The van der Waals surface area contributed by atoms with Crippen molar-refractivity contribution in [2.45, 2.75) is 25.1 Å². The number of benzene rings is 2. The average molecular weight is 315 g/mol. The van der Waals surface area contributed by atoms with Gasteiger partial charge in [-0.3, -0.25) is 0 Å². The Balaban J connectivity index is 2.27. The number of para-hydroxylation sites is 1. The Morgan fingerprint density at radius 1 is 1.18 bits per heavy atom. The predicted molar refractivity (Wildman–Crippen MR) is 91.0 cm³/mol. The summed E-state index contributed by atoms with van der Waals surface area (Å²) in [6.07, 6.45) is 1.72. The van der Waals surface area contributed by atoms with Gasteiger partial charge in [-0.25, -0.2) is 0 Å². The molecule has 3 aromatic rings. The van der Waals surface area contributed by atoms with Gasteiger partial charge in [0.15, 0.2) is 0 Å². The minimum atomic E-state index is -1.07. The summed E-state index contributed by atoms with van der Waals surface area (Å²) in [5.74, 6) is 0. The number of nitrogens with zero attached hydrogens (tertiary/aromatic N) is 1. The van der Waals surface area contributed by atoms with Crippen molar-refractivity contribution in [2.24, 2.45) is 5.73 Å². The second kappa shape index (κ2) is 5.76. The highest BCUT2D eigenvalue weighted by atomic mass is 35.5. The van der Waals surface area contributed by atoms with Crippen LogP contribution >= 0.6 is 11.6 Å². The van der Waals surface area contributed by atoms with Crippen molar-refractivity contribution in [3.05, 3.63) is 71.4 Å². The van der Waals surface area contributed by atoms with E-state index in [1.165, 1.54) is 0 Å². The highest BCUT2D eigenvalue weighted by Gasteiger charge is 2.37. The summed E-state index contributed by atoms with van der Waals surface area (Å²) in [4.78, 5) is 0. The minimum Gasteiger partial charge on any atom is -0.389 e. The summed E-state index contributed by atoms with van der Waals surface area (Å²) in [6.45, 7) is 1.92. The van der Waals surface area contributed by atoms with Crippen molar-refractivity contribution in [1.29, 1.82) is 0 Å². The lowest BCUT2D eigenvalue weighted by Gasteiger charge is -2.37. The molecule has 1 heterocycles. The van der Waals surface area contributed by atoms with Gasteiger partial charge in [-0.15, -0.1) is 0 Å². The van der Waals surface area contributed by atoms with Crippen LogP contribution in [0.3, 0.4) is 0 Å². The Kier molecular flexibility index (Phi) is 3.96. The molecule has 0 bridgehead atoms. The van der Waals surface area contributed by atoms with E-state index >= 15 is 0 Å². The number of nitrogens with two attached hydrogens (primary N) is 1. The van der Waals surface area contributed by atoms with E-state index in [2.05, 4.69) is 0 Å². The smallest absolute Gasteiger partial charge is 0.145 e. The largest absolute Gasteiger partial charge is 0.389 e. The molecule has 22 heavy (non-hydrogen) atoms. The lowest BCUT2D eigenvalue weighted by Crippen LogP contribution is -2.53. The van der Waals surface area contributed by atoms with Gasteiger partial charge in [0.2, 0.25) is 0 Å². The molecular formula is C18H19ClN2O. The van der Waals surface area contributed by atoms with Crippen LogP contribution in [-0.2, 0) is 5.66 Å². The molecule has 0 fully saturated rings. The van der Waals surface area contributed by atoms with Crippen LogP contribution in [0.2, 0.25) is 5.02 Å². The molecule has 3 rings (SSSR count). The summed E-state index contributed by atoms with van der Waals surface area (Å²) in [5, 5.41) is 12.4. The van der Waals surface area contributed by atoms with Crippen molar-refractivity contribution < 1.29 is 5.11 Å². The molecule has 0 amide bonds. The normalized spacial score (nSPS) is 15.6. The van der Waals surface area contributed by atoms with Gasteiger partial charge in [0.25, 0.3) is 0 Å². The molecule has 3 nitrogen and oxygen atoms in total. The third-order valence-electron chi connectivity index (χ3n) is 4.18. The minimum absolute atomic E-state index is 0.537. The van der Waals surface area contributed by atoms with Crippen LogP contribution in [0.5, 0.6) is 0 Å². The van der Waals surface area contributed by atoms with Crippen molar-refractivity contribution in [1.82, 2.24) is 4.57 Å². The Labute approximate surface area is 134 Å². The molecule has 0 spiro atoms. The molecular weight excluding hydrogens is 296 g/mol. The zero-order valence-corrected chi connectivity index (χ0v) is 13.2. The van der Waals surface area contributed by atoms with E-state index < -0.39 is 11.8 Å². The fraction of sp³-hybridized carbons (Fsp3) is 0.222. The fourth-order valence-corrected chi connectivity index (χ4v) is 3.14. The molecule has 0 aliphatic rings. The van der Waals surface area contributed by atoms with E-state index in [9.17, 15) is 5.11 Å². The second-order valence-electron chi connectivity index (χ2n) is 5.50. The molecule has 2 atom stereocenters. The molecule has 114 valence electrons. The number of aromatic nitrogens is 1. The number of halogens is 1. The molecule has 1 aromatic heterocycles. The van der Waals surface area contributed by atoms with Gasteiger partial charge in [-0.05, 0) is 41.6 Å². The van der Waals surface area contributed by atoms with Crippen LogP contribution < -0.4 is 5.73 Å². The number of rotatable bonds is 4. The van der Waals surface area contributed by atoms with E-state index in [0.717, 1.165) is 16.5 Å². The summed E-state index contributed by atoms with van der Waals surface area (Å²) in [5.41, 5.74) is 7.43. The molecule has 3 N–H and O–H groups in total. The van der Waals surface area contributed by atoms with Gasteiger partial charge in [0.05, 0.1) is 6.10 Å². The third kappa shape index (κ3) is 2.31. The summed E-state index contributed by atoms with van der Waals surface area (Å²) in [7, 11) is 0. The number of hydrogen-bond donors (Lipinski definition) is 2. The first kappa shape index (κ1) is 15.1. The highest BCUT2D eigenvalue weighted by Crippen LogP contribution is 2.32. The summed E-state index contributed by atoms with van der Waals surface area (Å²) >= 11 is 6.13. The number of hydrogen-bond acceptors (Lipinski definition) is 2. The lowest BCUT2D eigenvalue weighted by molar-refractivity contribution is 0.0631. The van der Waals surface area contributed by atoms with E-state index in [1.54, 1.807) is 6.07 Å². The van der Waals surface area contributed by atoms with Gasteiger partial charge in [-0.1, -0.05) is 48.9 Å². The Morgan fingerprint density at radius 3 is 2.68 bits per heavy atom. The zero-order valence-electron chi connectivity index (χ0n) is 12.4. The average Bonchev–Trinajstić information content (AvgIpc) is 2.97. The van der Waals surface area contributed by atoms with Crippen LogP contribution in [-0.4, -0.2) is 15.8 Å². The zero-order chi connectivity index (χ0) is 15.7. The number of fused-ring (bicyclic) bond motifs is 1. The predicted octanol–water partition coefficient (Wildman–Crippen LogP) is 3.73. The van der Waals surface area contributed by atoms with E-state index in [0.29, 0.717) is 11.4 Å². The van der Waals surface area contributed by atoms with Crippen LogP contribution in [0.1, 0.15) is 18.9 Å². The molecule has 0 radical (unpaired) electrons. The molecule has 0 aliphatic heterocycles. The van der Waals surface area contributed by atoms with Gasteiger partial charge in [0, 0.05) is 16.7 Å². The number of aliphatic hydroxyl groups excluding tert-OH is 1. The highest BCUT2D eigenvalue weighted by molar-refractivity contribution is 6.30. The summed E-state index contributed by atoms with van der Waals surface area (Å²) in [6, 6.07) is 17.4. The lowest BCUT2D eigenvalue weighted by atomic mass is 9.92. The maximum absolute atomic E-state index is 10.7. The van der Waals surface area contributed by atoms with Crippen molar-refractivity contribution in [3.63, 3.8) is 0 Å². The van der Waals surface area contributed by atoms with Crippen LogP contribution in [0.4, 0.5) is 0 Å². The SMILES string of the molecule is CCC(O)C(N)(c1cccc(Cl)c1)n1ccc2ccccc21. The van der Waals surface area contributed by atoms with Gasteiger partial charge >= 0.3 is 0 Å². The maximum atomic E-state index is 10.7. The van der Waals surface area contributed by atoms with Gasteiger partial charge in [-0.2, -0.15) is 0 Å². The Hall–Kier alpha value is -1.81. The quantitative estimate of drug-likeness (QED) is 0.771. The Morgan fingerprint density at radius 2 is 1.95 bits per heavy atom. The standard InChI is InChI=1S/C18H19ClN2O/c1-2-17(22)18(20,14-7-5-8-15(19)12-14)21-11-10-13-6-3-4-9-16(13)21/h3-12,17,22H,2,20H2,1H3. The first-order chi connectivity index (χ1) is 10.6. The van der Waals surface area contributed by atoms with Crippen molar-refractivity contribution in [2.75, 3.05) is 0 Å². The first-order valence-corrected chi connectivity index (χ1v) is 7.74. The first-order valence-electron chi connectivity index (χ1n) is 7.37. The van der Waals surface area contributed by atoms with E-state index in [-0.39, 0.29) is 0 Å². The van der Waals surface area contributed by atoms with Crippen LogP contribution in [0.25, 0.3) is 10.9 Å². The maximum Gasteiger partial charge on any atom is 0.145 e. The van der Waals surface area contributed by atoms with Gasteiger partial charge in [0.1, 0.15) is 5.66 Å².